The van der Waals surface area contributed by atoms with E-state index in [0.717, 1.165) is 29.3 Å². The second kappa shape index (κ2) is 10.8. The van der Waals surface area contributed by atoms with Gasteiger partial charge in [-0.25, -0.2) is 4.79 Å². The number of phenolic OH excluding ortho intramolecular Hbond substituents is 1. The smallest absolute Gasteiger partial charge is 0.342 e. The minimum absolute atomic E-state index is 0.00897. The van der Waals surface area contributed by atoms with Gasteiger partial charge < -0.3 is 19.3 Å². The van der Waals surface area contributed by atoms with Gasteiger partial charge in [0.15, 0.2) is 0 Å². The number of halogens is 2. The molecule has 1 heterocycles. The molecule has 7 fully saturated rings. The molecule has 1 aliphatic heterocycles. The van der Waals surface area contributed by atoms with E-state index in [4.69, 9.17) is 14.2 Å². The predicted octanol–water partition coefficient (Wildman–Crippen LogP) is 5.33. The second-order valence-electron chi connectivity index (χ2n) is 13.7. The molecule has 0 aromatic heterocycles. The first-order valence-corrected chi connectivity index (χ1v) is 18.9. The topological polar surface area (TPSA) is 153 Å². The van der Waals surface area contributed by atoms with Gasteiger partial charge in [0.05, 0.1) is 20.3 Å². The number of fused-ring (bicyclic) bond motifs is 1. The molecule has 13 heteroatoms. The third-order valence-electron chi connectivity index (χ3n) is 11.4. The van der Waals surface area contributed by atoms with Crippen molar-refractivity contribution in [1.29, 1.82) is 0 Å². The van der Waals surface area contributed by atoms with E-state index >= 15 is 0 Å². The molecule has 45 heavy (non-hydrogen) atoms. The number of ether oxygens (including phenoxy) is 3. The molecule has 2 aromatic carbocycles. The summed E-state index contributed by atoms with van der Waals surface area (Å²) in [6, 6.07) is 7.48. The molecular formula is C32H30I2O10S. The Labute approximate surface area is 287 Å². The molecule has 238 valence electrons. The van der Waals surface area contributed by atoms with Gasteiger partial charge in [-0.15, -0.1) is 0 Å². The Hall–Kier alpha value is -1.98. The van der Waals surface area contributed by atoms with Crippen LogP contribution in [0, 0.1) is 54.5 Å². The predicted molar refractivity (Wildman–Crippen MR) is 173 cm³/mol. The number of carbonyl (C=O) groups is 3. The molecule has 10 nitrogen and oxygen atoms in total. The van der Waals surface area contributed by atoms with Gasteiger partial charge in [-0.05, 0) is 149 Å². The van der Waals surface area contributed by atoms with Crippen LogP contribution in [0.5, 0.6) is 11.5 Å². The number of phenols is 1. The summed E-state index contributed by atoms with van der Waals surface area (Å²) in [5.74, 6) is -2.62. The normalized spacial score (nSPS) is 37.1. The van der Waals surface area contributed by atoms with Crippen molar-refractivity contribution in [2.45, 2.75) is 61.5 Å². The van der Waals surface area contributed by atoms with Crippen molar-refractivity contribution in [3.63, 3.8) is 0 Å². The van der Waals surface area contributed by atoms with E-state index in [1.165, 1.54) is 24.6 Å². The average molecular weight is 860 g/mol. The summed E-state index contributed by atoms with van der Waals surface area (Å²) >= 11 is 3.97. The molecule has 7 aliphatic rings. The lowest BCUT2D eigenvalue weighted by Gasteiger charge is -2.54. The standard InChI is InChI=1S/C32H30I2O10S/c33-16-8-21(27(35)22(34)9-16)30(36)43-28-19-11-20-26(32(38)44-29(20)28)25(19)31(37)42-17-1-2-23(45(39,40)41)18(10-17)24-14-4-12-3-13(6-14)7-15(24)5-12/h1-2,8-10,12-15,19-20,24-26,28-29,35H,3-7,11H2,(H,39,40,41). The zero-order chi connectivity index (χ0) is 31.5. The highest BCUT2D eigenvalue weighted by molar-refractivity contribution is 14.1. The molecule has 0 radical (unpaired) electrons. The van der Waals surface area contributed by atoms with Gasteiger partial charge in [-0.3, -0.25) is 14.1 Å². The second-order valence-corrected chi connectivity index (χ2v) is 17.5. The van der Waals surface area contributed by atoms with Crippen LogP contribution in [-0.4, -0.2) is 48.2 Å². The van der Waals surface area contributed by atoms with Gasteiger partial charge in [0, 0.05) is 15.4 Å². The van der Waals surface area contributed by atoms with Crippen molar-refractivity contribution in [2.75, 3.05) is 0 Å². The fourth-order valence-corrected chi connectivity index (χ4v) is 12.7. The summed E-state index contributed by atoms with van der Waals surface area (Å²) < 4.78 is 53.6. The first-order chi connectivity index (χ1) is 21.4. The van der Waals surface area contributed by atoms with E-state index in [0.29, 0.717) is 39.2 Å². The van der Waals surface area contributed by atoms with Crippen LogP contribution in [-0.2, 0) is 29.2 Å². The Bertz CT molecular complexity index is 1730. The largest absolute Gasteiger partial charge is 0.506 e. The first kappa shape index (κ1) is 30.4. The van der Waals surface area contributed by atoms with Crippen molar-refractivity contribution in [1.82, 2.24) is 0 Å². The molecule has 6 unspecified atom stereocenters. The Kier molecular flexibility index (Phi) is 7.27. The average Bonchev–Trinajstić information content (AvgIpc) is 3.58. The number of rotatable bonds is 6. The molecule has 0 spiro atoms. The Morgan fingerprint density at radius 3 is 2.27 bits per heavy atom. The molecule has 6 atom stereocenters. The monoisotopic (exact) mass is 860 g/mol. The van der Waals surface area contributed by atoms with Crippen LogP contribution < -0.4 is 4.74 Å². The van der Waals surface area contributed by atoms with Gasteiger partial charge in [0.25, 0.3) is 10.1 Å². The van der Waals surface area contributed by atoms with Crippen molar-refractivity contribution in [3.8, 4) is 11.5 Å². The zero-order valence-corrected chi connectivity index (χ0v) is 28.9. The van der Waals surface area contributed by atoms with Crippen LogP contribution in [0.1, 0.15) is 60.4 Å². The Balaban J connectivity index is 1.07. The lowest BCUT2D eigenvalue weighted by Crippen LogP contribution is -2.44. The Morgan fingerprint density at radius 2 is 1.60 bits per heavy atom. The van der Waals surface area contributed by atoms with Gasteiger partial charge >= 0.3 is 17.9 Å². The SMILES string of the molecule is O=C(OC1C2CC3C1OC(=O)C3C2C(=O)Oc1ccc(S(=O)(=O)O)c(C2C3CC4CC(C3)CC2C4)c1)c1cc(I)cc(I)c1O. The fourth-order valence-electron chi connectivity index (χ4n) is 10.1. The maximum atomic E-state index is 13.8. The van der Waals surface area contributed by atoms with E-state index in [9.17, 15) is 32.5 Å². The van der Waals surface area contributed by atoms with Crippen molar-refractivity contribution in [3.05, 3.63) is 48.6 Å². The van der Waals surface area contributed by atoms with Crippen LogP contribution in [0.2, 0.25) is 0 Å². The minimum atomic E-state index is -4.52. The van der Waals surface area contributed by atoms with E-state index in [2.05, 4.69) is 0 Å². The maximum absolute atomic E-state index is 13.8. The highest BCUT2D eigenvalue weighted by Crippen LogP contribution is 2.61. The van der Waals surface area contributed by atoms with Crippen molar-refractivity contribution < 1.29 is 46.7 Å². The van der Waals surface area contributed by atoms with E-state index in [1.807, 2.05) is 45.2 Å². The van der Waals surface area contributed by atoms with Crippen molar-refractivity contribution >= 4 is 73.2 Å². The van der Waals surface area contributed by atoms with Crippen LogP contribution in [0.15, 0.2) is 35.2 Å². The summed E-state index contributed by atoms with van der Waals surface area (Å²) in [6.45, 7) is 0. The van der Waals surface area contributed by atoms with Crippen molar-refractivity contribution in [2.24, 2.45) is 47.3 Å². The van der Waals surface area contributed by atoms with Crippen LogP contribution in [0.25, 0.3) is 0 Å². The highest BCUT2D eigenvalue weighted by atomic mass is 127. The molecule has 2 aromatic rings. The Morgan fingerprint density at radius 1 is 0.911 bits per heavy atom. The molecule has 6 saturated carbocycles. The maximum Gasteiger partial charge on any atom is 0.342 e. The first-order valence-electron chi connectivity index (χ1n) is 15.3. The number of benzene rings is 2. The molecule has 6 bridgehead atoms. The number of hydrogen-bond donors (Lipinski definition) is 2. The minimum Gasteiger partial charge on any atom is -0.506 e. The molecule has 1 saturated heterocycles. The summed E-state index contributed by atoms with van der Waals surface area (Å²) in [5.41, 5.74) is 0.480. The third-order valence-corrected chi connectivity index (χ3v) is 13.7. The molecule has 2 N–H and O–H groups in total. The lowest BCUT2D eigenvalue weighted by atomic mass is 9.51. The summed E-state index contributed by atoms with van der Waals surface area (Å²) in [5, 5.41) is 10.5. The quantitative estimate of drug-likeness (QED) is 0.169. The summed E-state index contributed by atoms with van der Waals surface area (Å²) in [4.78, 5) is 39.8. The van der Waals surface area contributed by atoms with Gasteiger partial charge in [0.2, 0.25) is 0 Å². The van der Waals surface area contributed by atoms with E-state index in [1.54, 1.807) is 12.1 Å². The molecular weight excluding hydrogens is 830 g/mol. The molecule has 6 aliphatic carbocycles. The van der Waals surface area contributed by atoms with Crippen LogP contribution in [0.4, 0.5) is 0 Å². The number of carbonyl (C=O) groups excluding carboxylic acids is 3. The number of hydrogen-bond acceptors (Lipinski definition) is 9. The summed E-state index contributed by atoms with van der Waals surface area (Å²) in [7, 11) is -4.52. The highest BCUT2D eigenvalue weighted by Gasteiger charge is 2.70. The van der Waals surface area contributed by atoms with Crippen LogP contribution in [0.3, 0.4) is 0 Å². The van der Waals surface area contributed by atoms with E-state index in [-0.39, 0.29) is 33.8 Å². The number of aromatic hydroxyl groups is 1. The van der Waals surface area contributed by atoms with Crippen LogP contribution >= 0.6 is 45.2 Å². The fraction of sp³-hybridized carbons (Fsp3) is 0.531. The molecule has 9 rings (SSSR count). The summed E-state index contributed by atoms with van der Waals surface area (Å²) in [6.07, 6.45) is 4.23. The van der Waals surface area contributed by atoms with Gasteiger partial charge in [0.1, 0.15) is 29.3 Å². The number of esters is 3. The zero-order valence-electron chi connectivity index (χ0n) is 23.8. The van der Waals surface area contributed by atoms with Gasteiger partial charge in [-0.2, -0.15) is 8.42 Å². The third kappa shape index (κ3) is 4.91. The van der Waals surface area contributed by atoms with E-state index < -0.39 is 58.0 Å². The van der Waals surface area contributed by atoms with Gasteiger partial charge in [-0.1, -0.05) is 0 Å². The lowest BCUT2D eigenvalue weighted by molar-refractivity contribution is -0.149. The molecule has 0 amide bonds.